The number of nitrogens with one attached hydrogen (secondary N) is 1. The standard InChI is InChI=1S/C25H31F3N4O2/c1-33-23-5-3-2-4-20(23)22-12-21(25(26,27)28)24(31-30-22)29-19-10-17-14-32(15-18(17)11-19)13-16-6-8-34-9-7-16/h2-5,12,16-19H,6-11,13-15H2,1H3,(H,29,31)/t17-,18+,19+. The molecule has 184 valence electrons. The highest BCUT2D eigenvalue weighted by Gasteiger charge is 2.43. The van der Waals surface area contributed by atoms with E-state index in [4.69, 9.17) is 9.47 Å². The van der Waals surface area contributed by atoms with Crippen LogP contribution >= 0.6 is 0 Å². The molecule has 0 radical (unpaired) electrons. The number of hydrogen-bond acceptors (Lipinski definition) is 6. The van der Waals surface area contributed by atoms with Crippen LogP contribution in [0.15, 0.2) is 30.3 Å². The molecule has 3 heterocycles. The number of para-hydroxylation sites is 1. The van der Waals surface area contributed by atoms with Crippen molar-refractivity contribution >= 4 is 5.82 Å². The van der Waals surface area contributed by atoms with E-state index in [9.17, 15) is 13.2 Å². The summed E-state index contributed by atoms with van der Waals surface area (Å²) >= 11 is 0. The number of likely N-dealkylation sites (tertiary alicyclic amines) is 1. The lowest BCUT2D eigenvalue weighted by molar-refractivity contribution is -0.137. The number of fused-ring (bicyclic) bond motifs is 1. The Bertz CT molecular complexity index is 982. The molecular weight excluding hydrogens is 445 g/mol. The minimum absolute atomic E-state index is 0.0206. The Morgan fingerprint density at radius 1 is 1.09 bits per heavy atom. The summed E-state index contributed by atoms with van der Waals surface area (Å²) in [4.78, 5) is 2.55. The Kier molecular flexibility index (Phi) is 6.66. The van der Waals surface area contributed by atoms with Gasteiger partial charge in [0.05, 0.1) is 12.8 Å². The molecular formula is C25H31F3N4O2. The molecule has 3 atom stereocenters. The molecule has 2 aromatic rings. The van der Waals surface area contributed by atoms with Gasteiger partial charge in [-0.25, -0.2) is 0 Å². The molecule has 0 spiro atoms. The van der Waals surface area contributed by atoms with Crippen LogP contribution in [0.4, 0.5) is 19.0 Å². The smallest absolute Gasteiger partial charge is 0.420 e. The summed E-state index contributed by atoms with van der Waals surface area (Å²) < 4.78 is 52.6. The van der Waals surface area contributed by atoms with Crippen LogP contribution in [0.5, 0.6) is 5.75 Å². The lowest BCUT2D eigenvalue weighted by Gasteiger charge is -2.28. The van der Waals surface area contributed by atoms with Crippen molar-refractivity contribution in [2.75, 3.05) is 45.3 Å². The van der Waals surface area contributed by atoms with E-state index >= 15 is 0 Å². The van der Waals surface area contributed by atoms with Crippen molar-refractivity contribution < 1.29 is 22.6 Å². The van der Waals surface area contributed by atoms with E-state index in [0.717, 1.165) is 64.6 Å². The minimum Gasteiger partial charge on any atom is -0.496 e. The van der Waals surface area contributed by atoms with E-state index in [1.165, 1.54) is 7.11 Å². The molecule has 2 aliphatic heterocycles. The van der Waals surface area contributed by atoms with Crippen molar-refractivity contribution in [2.45, 2.75) is 37.9 Å². The third kappa shape index (κ3) is 5.00. The predicted octanol–water partition coefficient (Wildman–Crippen LogP) is 4.72. The third-order valence-electron chi connectivity index (χ3n) is 7.51. The van der Waals surface area contributed by atoms with Crippen LogP contribution in [0.3, 0.4) is 0 Å². The highest BCUT2D eigenvalue weighted by molar-refractivity contribution is 5.68. The zero-order valence-corrected chi connectivity index (χ0v) is 19.4. The molecule has 1 aromatic carbocycles. The molecule has 3 fully saturated rings. The summed E-state index contributed by atoms with van der Waals surface area (Å²) in [5, 5.41) is 11.2. The van der Waals surface area contributed by atoms with Gasteiger partial charge in [-0.1, -0.05) is 12.1 Å². The second-order valence-electron chi connectivity index (χ2n) is 9.80. The molecule has 1 aliphatic carbocycles. The van der Waals surface area contributed by atoms with Gasteiger partial charge in [0.25, 0.3) is 0 Å². The van der Waals surface area contributed by atoms with E-state index in [1.54, 1.807) is 24.3 Å². The molecule has 1 saturated carbocycles. The normalized spacial score (nSPS) is 25.9. The molecule has 5 rings (SSSR count). The number of rotatable bonds is 6. The van der Waals surface area contributed by atoms with Crippen molar-refractivity contribution in [1.82, 2.24) is 15.1 Å². The fourth-order valence-corrected chi connectivity index (χ4v) is 5.85. The van der Waals surface area contributed by atoms with Crippen molar-refractivity contribution in [3.05, 3.63) is 35.9 Å². The first-order valence-electron chi connectivity index (χ1n) is 12.1. The number of methoxy groups -OCH3 is 1. The lowest BCUT2D eigenvalue weighted by atomic mass is 10.00. The second-order valence-corrected chi connectivity index (χ2v) is 9.80. The van der Waals surface area contributed by atoms with Gasteiger partial charge < -0.3 is 19.7 Å². The molecule has 2 saturated heterocycles. The average molecular weight is 477 g/mol. The molecule has 1 aromatic heterocycles. The van der Waals surface area contributed by atoms with Crippen LogP contribution in [-0.4, -0.2) is 61.1 Å². The van der Waals surface area contributed by atoms with E-state index in [1.807, 2.05) is 0 Å². The van der Waals surface area contributed by atoms with Crippen molar-refractivity contribution in [3.63, 3.8) is 0 Å². The maximum absolute atomic E-state index is 14.0. The first-order valence-corrected chi connectivity index (χ1v) is 12.1. The van der Waals surface area contributed by atoms with Crippen molar-refractivity contribution in [1.29, 1.82) is 0 Å². The molecule has 3 aliphatic rings. The average Bonchev–Trinajstić information content (AvgIpc) is 3.37. The first kappa shape index (κ1) is 23.4. The largest absolute Gasteiger partial charge is 0.496 e. The lowest BCUT2D eigenvalue weighted by Crippen LogP contribution is -2.32. The van der Waals surface area contributed by atoms with Crippen molar-refractivity contribution in [3.8, 4) is 17.0 Å². The maximum atomic E-state index is 14.0. The van der Waals surface area contributed by atoms with Gasteiger partial charge in [0.15, 0.2) is 5.82 Å². The van der Waals surface area contributed by atoms with Gasteiger partial charge in [0, 0.05) is 44.5 Å². The highest BCUT2D eigenvalue weighted by atomic mass is 19.4. The number of aromatic nitrogens is 2. The van der Waals surface area contributed by atoms with Crippen LogP contribution in [0, 0.1) is 17.8 Å². The summed E-state index contributed by atoms with van der Waals surface area (Å²) in [5.41, 5.74) is -0.168. The predicted molar refractivity (Wildman–Crippen MR) is 123 cm³/mol. The van der Waals surface area contributed by atoms with Crippen LogP contribution in [0.25, 0.3) is 11.3 Å². The maximum Gasteiger partial charge on any atom is 0.420 e. The third-order valence-corrected chi connectivity index (χ3v) is 7.51. The Labute approximate surface area is 197 Å². The number of alkyl halides is 3. The highest BCUT2D eigenvalue weighted by Crippen LogP contribution is 2.42. The minimum atomic E-state index is -4.54. The molecule has 9 heteroatoms. The van der Waals surface area contributed by atoms with Gasteiger partial charge in [-0.15, -0.1) is 10.2 Å². The summed E-state index contributed by atoms with van der Waals surface area (Å²) in [5.74, 6) is 2.02. The van der Waals surface area contributed by atoms with Crippen LogP contribution in [0.1, 0.15) is 31.2 Å². The Hall–Kier alpha value is -2.39. The van der Waals surface area contributed by atoms with E-state index in [2.05, 4.69) is 20.4 Å². The van der Waals surface area contributed by atoms with E-state index in [-0.39, 0.29) is 17.6 Å². The number of halogens is 3. The second kappa shape index (κ2) is 9.70. The number of ether oxygens (including phenoxy) is 2. The summed E-state index contributed by atoms with van der Waals surface area (Å²) in [6.07, 6.45) is -0.562. The van der Waals surface area contributed by atoms with Crippen LogP contribution < -0.4 is 10.1 Å². The molecule has 0 amide bonds. The molecule has 0 bridgehead atoms. The molecule has 0 unspecified atom stereocenters. The molecule has 1 N–H and O–H groups in total. The first-order chi connectivity index (χ1) is 16.4. The van der Waals surface area contributed by atoms with E-state index in [0.29, 0.717) is 29.1 Å². The van der Waals surface area contributed by atoms with Crippen LogP contribution in [0.2, 0.25) is 0 Å². The number of hydrogen-bond donors (Lipinski definition) is 1. The fraction of sp³-hybridized carbons (Fsp3) is 0.600. The quantitative estimate of drug-likeness (QED) is 0.651. The number of benzene rings is 1. The number of nitrogens with zero attached hydrogens (tertiary/aromatic N) is 3. The summed E-state index contributed by atoms with van der Waals surface area (Å²) in [6.45, 7) is 4.89. The zero-order chi connectivity index (χ0) is 23.7. The zero-order valence-electron chi connectivity index (χ0n) is 19.4. The topological polar surface area (TPSA) is 59.5 Å². The molecule has 6 nitrogen and oxygen atoms in total. The summed E-state index contributed by atoms with van der Waals surface area (Å²) in [7, 11) is 1.48. The van der Waals surface area contributed by atoms with Gasteiger partial charge in [0.1, 0.15) is 11.3 Å². The Morgan fingerprint density at radius 3 is 2.47 bits per heavy atom. The van der Waals surface area contributed by atoms with Crippen LogP contribution in [-0.2, 0) is 10.9 Å². The van der Waals surface area contributed by atoms with Gasteiger partial charge in [-0.2, -0.15) is 13.2 Å². The SMILES string of the molecule is COc1ccccc1-c1cc(C(F)(F)F)c(N[C@H]2C[C@@H]3CN(CC4CCOCC4)C[C@@H]3C2)nn1. The van der Waals surface area contributed by atoms with Crippen molar-refractivity contribution in [2.24, 2.45) is 17.8 Å². The molecule has 34 heavy (non-hydrogen) atoms. The van der Waals surface area contributed by atoms with Gasteiger partial charge in [0.2, 0.25) is 0 Å². The fourth-order valence-electron chi connectivity index (χ4n) is 5.85. The van der Waals surface area contributed by atoms with Gasteiger partial charge in [-0.05, 0) is 61.6 Å². The van der Waals surface area contributed by atoms with Gasteiger partial charge >= 0.3 is 6.18 Å². The Morgan fingerprint density at radius 2 is 1.79 bits per heavy atom. The van der Waals surface area contributed by atoms with Gasteiger partial charge in [-0.3, -0.25) is 0 Å². The monoisotopic (exact) mass is 476 g/mol. The Balaban J connectivity index is 1.26. The number of anilines is 1. The van der Waals surface area contributed by atoms with E-state index < -0.39 is 11.7 Å². The summed E-state index contributed by atoms with van der Waals surface area (Å²) in [6, 6.07) is 7.92.